The molecule has 0 aromatic heterocycles. The van der Waals surface area contributed by atoms with E-state index in [0.717, 1.165) is 5.56 Å². The molecule has 1 aromatic carbocycles. The van der Waals surface area contributed by atoms with Gasteiger partial charge in [-0.25, -0.2) is 0 Å². The molecule has 0 N–H and O–H groups in total. The van der Waals surface area contributed by atoms with Gasteiger partial charge in [0, 0.05) is 0 Å². The smallest absolute Gasteiger partial charge is 0.321 e. The van der Waals surface area contributed by atoms with E-state index in [1.54, 1.807) is 24.3 Å². The molecule has 0 heterocycles. The topological polar surface area (TPSA) is 50.1 Å². The molecule has 0 aliphatic heterocycles. The van der Waals surface area contributed by atoms with Crippen LogP contribution in [-0.2, 0) is 16.1 Å². The van der Waals surface area contributed by atoms with Crippen LogP contribution in [0, 0.1) is 11.3 Å². The van der Waals surface area contributed by atoms with Crippen LogP contribution in [0.3, 0.4) is 0 Å². The van der Waals surface area contributed by atoms with Crippen molar-refractivity contribution in [3.63, 3.8) is 0 Å². The maximum absolute atomic E-state index is 10.7. The molecular weight excluding hydrogens is 202 g/mol. The van der Waals surface area contributed by atoms with Crippen LogP contribution in [0.2, 0.25) is 0 Å². The number of rotatable bonds is 3. The zero-order valence-electron chi connectivity index (χ0n) is 7.37. The van der Waals surface area contributed by atoms with Gasteiger partial charge in [-0.3, -0.25) is 4.79 Å². The Kier molecular flexibility index (Phi) is 3.96. The Morgan fingerprint density at radius 3 is 2.57 bits per heavy atom. The first kappa shape index (κ1) is 10.6. The maximum Gasteiger partial charge on any atom is 0.321 e. The van der Waals surface area contributed by atoms with Gasteiger partial charge in [-0.15, -0.1) is 11.6 Å². The molecule has 0 unspecified atom stereocenters. The minimum atomic E-state index is -0.448. The largest absolute Gasteiger partial charge is 0.460 e. The first-order chi connectivity index (χ1) is 6.76. The molecule has 14 heavy (non-hydrogen) atoms. The Bertz CT molecular complexity index is 353. The summed E-state index contributed by atoms with van der Waals surface area (Å²) in [6, 6.07) is 8.81. The molecule has 0 bridgehead atoms. The molecule has 0 atom stereocenters. The quantitative estimate of drug-likeness (QED) is 0.564. The van der Waals surface area contributed by atoms with Gasteiger partial charge in [-0.2, -0.15) is 5.26 Å². The van der Waals surface area contributed by atoms with E-state index in [4.69, 9.17) is 21.6 Å². The van der Waals surface area contributed by atoms with Crippen molar-refractivity contribution in [1.82, 2.24) is 0 Å². The number of halogens is 1. The molecule has 0 saturated heterocycles. The van der Waals surface area contributed by atoms with Crippen molar-refractivity contribution in [2.24, 2.45) is 0 Å². The van der Waals surface area contributed by atoms with Crippen molar-refractivity contribution in [2.45, 2.75) is 6.61 Å². The summed E-state index contributed by atoms with van der Waals surface area (Å²) < 4.78 is 4.80. The van der Waals surface area contributed by atoms with Gasteiger partial charge in [0.1, 0.15) is 12.5 Å². The lowest BCUT2D eigenvalue weighted by Crippen LogP contribution is -2.05. The zero-order valence-corrected chi connectivity index (χ0v) is 8.12. The fraction of sp³-hybridized carbons (Fsp3) is 0.200. The monoisotopic (exact) mass is 209 g/mol. The average Bonchev–Trinajstić information content (AvgIpc) is 2.26. The number of nitrogens with zero attached hydrogens (tertiary/aromatic N) is 1. The fourth-order valence-electron chi connectivity index (χ4n) is 0.878. The summed E-state index contributed by atoms with van der Waals surface area (Å²) in [5, 5.41) is 8.53. The van der Waals surface area contributed by atoms with Gasteiger partial charge in [0.25, 0.3) is 0 Å². The van der Waals surface area contributed by atoms with Gasteiger partial charge >= 0.3 is 5.97 Å². The summed E-state index contributed by atoms with van der Waals surface area (Å²) in [5.41, 5.74) is 1.42. The number of esters is 1. The van der Waals surface area contributed by atoms with Gasteiger partial charge in [0.05, 0.1) is 11.6 Å². The number of carbonyl (C=O) groups is 1. The molecule has 4 heteroatoms. The fourth-order valence-corrected chi connectivity index (χ4v) is 0.955. The minimum Gasteiger partial charge on any atom is -0.460 e. The third kappa shape index (κ3) is 3.08. The van der Waals surface area contributed by atoms with Crippen molar-refractivity contribution in [2.75, 3.05) is 5.88 Å². The van der Waals surface area contributed by atoms with Crippen LogP contribution >= 0.6 is 11.6 Å². The van der Waals surface area contributed by atoms with E-state index in [-0.39, 0.29) is 12.5 Å². The van der Waals surface area contributed by atoms with Crippen LogP contribution in [0.1, 0.15) is 11.1 Å². The van der Waals surface area contributed by atoms with Crippen LogP contribution in [0.4, 0.5) is 0 Å². The number of alkyl halides is 1. The Morgan fingerprint density at radius 1 is 1.43 bits per heavy atom. The van der Waals surface area contributed by atoms with Gasteiger partial charge in [-0.1, -0.05) is 12.1 Å². The lowest BCUT2D eigenvalue weighted by molar-refractivity contribution is -0.141. The number of hydrogen-bond acceptors (Lipinski definition) is 3. The minimum absolute atomic E-state index is 0.143. The molecule has 3 nitrogen and oxygen atoms in total. The molecule has 1 aromatic rings. The molecule has 0 spiro atoms. The predicted molar refractivity (Wildman–Crippen MR) is 51.7 cm³/mol. The molecule has 1 rings (SSSR count). The van der Waals surface area contributed by atoms with Crippen molar-refractivity contribution < 1.29 is 9.53 Å². The zero-order chi connectivity index (χ0) is 10.4. The molecule has 0 fully saturated rings. The van der Waals surface area contributed by atoms with E-state index < -0.39 is 5.97 Å². The van der Waals surface area contributed by atoms with Crippen molar-refractivity contribution in [1.29, 1.82) is 5.26 Å². The summed E-state index contributed by atoms with van der Waals surface area (Å²) in [6.07, 6.45) is 0. The number of hydrogen-bond donors (Lipinski definition) is 0. The van der Waals surface area contributed by atoms with E-state index in [9.17, 15) is 4.79 Å². The summed E-state index contributed by atoms with van der Waals surface area (Å²) in [4.78, 5) is 10.7. The van der Waals surface area contributed by atoms with E-state index in [1.165, 1.54) is 0 Å². The third-order valence-corrected chi connectivity index (χ3v) is 1.81. The van der Waals surface area contributed by atoms with Gasteiger partial charge in [0.2, 0.25) is 0 Å². The normalized spacial score (nSPS) is 9.14. The number of nitriles is 1. The lowest BCUT2D eigenvalue weighted by atomic mass is 10.2. The van der Waals surface area contributed by atoms with Crippen LogP contribution in [0.15, 0.2) is 24.3 Å². The first-order valence-corrected chi connectivity index (χ1v) is 4.50. The maximum atomic E-state index is 10.7. The highest BCUT2D eigenvalue weighted by Crippen LogP contribution is 2.04. The molecule has 72 valence electrons. The van der Waals surface area contributed by atoms with Gasteiger partial charge in [-0.05, 0) is 17.7 Å². The Balaban J connectivity index is 2.53. The highest BCUT2D eigenvalue weighted by Gasteiger charge is 2.00. The van der Waals surface area contributed by atoms with Crippen LogP contribution in [0.5, 0.6) is 0 Å². The van der Waals surface area contributed by atoms with Gasteiger partial charge in [0.15, 0.2) is 0 Å². The molecule has 0 aliphatic rings. The number of carbonyl (C=O) groups excluding carboxylic acids is 1. The highest BCUT2D eigenvalue weighted by molar-refractivity contribution is 6.26. The van der Waals surface area contributed by atoms with Crippen molar-refractivity contribution in [3.8, 4) is 6.07 Å². The summed E-state index contributed by atoms with van der Waals surface area (Å²) >= 11 is 5.25. The SMILES string of the molecule is N#Cc1ccc(COC(=O)CCl)cc1. The molecule has 0 saturated carbocycles. The van der Waals surface area contributed by atoms with Crippen molar-refractivity contribution >= 4 is 17.6 Å². The molecule has 0 radical (unpaired) electrons. The number of ether oxygens (including phenoxy) is 1. The first-order valence-electron chi connectivity index (χ1n) is 3.97. The second-order valence-electron chi connectivity index (χ2n) is 2.60. The Hall–Kier alpha value is -1.53. The Labute approximate surface area is 86.9 Å². The lowest BCUT2D eigenvalue weighted by Gasteiger charge is -2.02. The summed E-state index contributed by atoms with van der Waals surface area (Å²) in [6.45, 7) is 0.192. The Morgan fingerprint density at radius 2 is 2.07 bits per heavy atom. The summed E-state index contributed by atoms with van der Waals surface area (Å²) in [7, 11) is 0. The van der Waals surface area contributed by atoms with Crippen LogP contribution in [-0.4, -0.2) is 11.8 Å². The van der Waals surface area contributed by atoms with Gasteiger partial charge < -0.3 is 4.74 Å². The van der Waals surface area contributed by atoms with E-state index in [0.29, 0.717) is 5.56 Å². The number of benzene rings is 1. The van der Waals surface area contributed by atoms with Crippen LogP contribution in [0.25, 0.3) is 0 Å². The van der Waals surface area contributed by atoms with Crippen LogP contribution < -0.4 is 0 Å². The van der Waals surface area contributed by atoms with E-state index in [2.05, 4.69) is 0 Å². The standard InChI is InChI=1S/C10H8ClNO2/c11-5-10(13)14-7-9-3-1-8(6-12)2-4-9/h1-4H,5,7H2. The summed E-state index contributed by atoms with van der Waals surface area (Å²) in [5.74, 6) is -0.591. The van der Waals surface area contributed by atoms with E-state index in [1.807, 2.05) is 6.07 Å². The highest BCUT2D eigenvalue weighted by atomic mass is 35.5. The van der Waals surface area contributed by atoms with Crippen molar-refractivity contribution in [3.05, 3.63) is 35.4 Å². The molecule has 0 aliphatic carbocycles. The predicted octanol–water partition coefficient (Wildman–Crippen LogP) is 1.84. The third-order valence-electron chi connectivity index (χ3n) is 1.59. The molecule has 0 amide bonds. The average molecular weight is 210 g/mol. The molecular formula is C10H8ClNO2. The second kappa shape index (κ2) is 5.25. The van der Waals surface area contributed by atoms with E-state index >= 15 is 0 Å². The second-order valence-corrected chi connectivity index (χ2v) is 2.87.